The van der Waals surface area contributed by atoms with Gasteiger partial charge in [0, 0.05) is 17.5 Å². The van der Waals surface area contributed by atoms with Crippen molar-refractivity contribution < 1.29 is 4.74 Å². The molecule has 0 bridgehead atoms. The van der Waals surface area contributed by atoms with Crippen molar-refractivity contribution in [1.29, 1.82) is 0 Å². The van der Waals surface area contributed by atoms with Crippen LogP contribution in [0.2, 0.25) is 0 Å². The maximum atomic E-state index is 5.17. The first-order valence-electron chi connectivity index (χ1n) is 7.44. The second-order valence-electron chi connectivity index (χ2n) is 5.16. The second kappa shape index (κ2) is 6.37. The Kier molecular flexibility index (Phi) is 3.92. The summed E-state index contributed by atoms with van der Waals surface area (Å²) in [6.07, 6.45) is 3.90. The number of aromatic amines is 1. The fraction of sp³-hybridized carbons (Fsp3) is 0.118. The first kappa shape index (κ1) is 14.8. The molecule has 0 aliphatic heterocycles. The highest BCUT2D eigenvalue weighted by Gasteiger charge is 2.09. The number of benzene rings is 1. The largest absolute Gasteiger partial charge is 0.497 e. The number of thioether (sulfide) groups is 1. The van der Waals surface area contributed by atoms with E-state index in [4.69, 9.17) is 4.74 Å². The first-order valence-corrected chi connectivity index (χ1v) is 8.42. The molecule has 4 rings (SSSR count). The molecular formula is C17H15N5OS. The summed E-state index contributed by atoms with van der Waals surface area (Å²) < 4.78 is 7.24. The van der Waals surface area contributed by atoms with E-state index in [9.17, 15) is 0 Å². The fourth-order valence-electron chi connectivity index (χ4n) is 2.42. The van der Waals surface area contributed by atoms with Gasteiger partial charge in [0.15, 0.2) is 5.82 Å². The van der Waals surface area contributed by atoms with Gasteiger partial charge in [-0.1, -0.05) is 17.8 Å². The Labute approximate surface area is 142 Å². The highest BCUT2D eigenvalue weighted by molar-refractivity contribution is 7.98. The van der Waals surface area contributed by atoms with Gasteiger partial charge in [-0.2, -0.15) is 0 Å². The predicted molar refractivity (Wildman–Crippen MR) is 93.1 cm³/mol. The number of fused-ring (bicyclic) bond motifs is 1. The van der Waals surface area contributed by atoms with Crippen molar-refractivity contribution in [3.05, 3.63) is 60.6 Å². The van der Waals surface area contributed by atoms with Crippen molar-refractivity contribution in [1.82, 2.24) is 24.6 Å². The van der Waals surface area contributed by atoms with Gasteiger partial charge in [-0.15, -0.1) is 5.10 Å². The number of imidazole rings is 1. The van der Waals surface area contributed by atoms with Gasteiger partial charge in [0.1, 0.15) is 11.4 Å². The molecule has 3 aromatic heterocycles. The van der Waals surface area contributed by atoms with Gasteiger partial charge in [-0.25, -0.2) is 9.97 Å². The third-order valence-corrected chi connectivity index (χ3v) is 4.55. The molecule has 0 saturated carbocycles. The molecule has 0 aliphatic carbocycles. The van der Waals surface area contributed by atoms with E-state index in [-0.39, 0.29) is 0 Å². The maximum absolute atomic E-state index is 5.17. The zero-order chi connectivity index (χ0) is 16.4. The smallest absolute Gasteiger partial charge is 0.209 e. The van der Waals surface area contributed by atoms with E-state index in [0.717, 1.165) is 34.2 Å². The molecule has 0 amide bonds. The Morgan fingerprint density at radius 1 is 1.17 bits per heavy atom. The van der Waals surface area contributed by atoms with Crippen LogP contribution in [0.4, 0.5) is 0 Å². The Morgan fingerprint density at radius 3 is 2.88 bits per heavy atom. The van der Waals surface area contributed by atoms with Crippen molar-refractivity contribution in [3.63, 3.8) is 0 Å². The highest BCUT2D eigenvalue weighted by Crippen LogP contribution is 2.24. The summed E-state index contributed by atoms with van der Waals surface area (Å²) in [6.45, 7) is 0. The van der Waals surface area contributed by atoms with Gasteiger partial charge in [0.2, 0.25) is 5.16 Å². The monoisotopic (exact) mass is 337 g/mol. The van der Waals surface area contributed by atoms with E-state index in [1.807, 2.05) is 54.9 Å². The summed E-state index contributed by atoms with van der Waals surface area (Å²) >= 11 is 1.58. The van der Waals surface area contributed by atoms with E-state index in [1.165, 1.54) is 0 Å². The van der Waals surface area contributed by atoms with Gasteiger partial charge in [0.05, 0.1) is 19.0 Å². The summed E-state index contributed by atoms with van der Waals surface area (Å²) in [5.74, 6) is 2.32. The van der Waals surface area contributed by atoms with Crippen LogP contribution < -0.4 is 4.74 Å². The summed E-state index contributed by atoms with van der Waals surface area (Å²) in [4.78, 5) is 8.93. The number of hydrogen-bond acceptors (Lipinski definition) is 5. The predicted octanol–water partition coefficient (Wildman–Crippen LogP) is 3.42. The standard InChI is InChI=1S/C17H15N5OS/c1-23-14-7-5-12(6-8-14)16-19-17(21-20-16)24-11-13-10-18-15-4-2-3-9-22(13)15/h2-10H,11H2,1H3,(H,19,20,21). The van der Waals surface area contributed by atoms with Crippen LogP contribution in [0, 0.1) is 0 Å². The molecule has 0 saturated heterocycles. The Bertz CT molecular complexity index is 960. The molecule has 1 aromatic carbocycles. The lowest BCUT2D eigenvalue weighted by molar-refractivity contribution is 0.415. The number of H-pyrrole nitrogens is 1. The number of nitrogens with one attached hydrogen (secondary N) is 1. The number of aromatic nitrogens is 5. The average Bonchev–Trinajstić information content (AvgIpc) is 3.27. The lowest BCUT2D eigenvalue weighted by Gasteiger charge is -2.00. The average molecular weight is 337 g/mol. The topological polar surface area (TPSA) is 68.1 Å². The van der Waals surface area contributed by atoms with Crippen LogP contribution in [-0.2, 0) is 5.75 Å². The van der Waals surface area contributed by atoms with Crippen LogP contribution in [0.25, 0.3) is 17.0 Å². The van der Waals surface area contributed by atoms with E-state index >= 15 is 0 Å². The number of pyridine rings is 1. The van der Waals surface area contributed by atoms with Crippen LogP contribution in [0.15, 0.2) is 60.0 Å². The maximum Gasteiger partial charge on any atom is 0.209 e. The van der Waals surface area contributed by atoms with Crippen molar-refractivity contribution >= 4 is 17.4 Å². The molecule has 120 valence electrons. The molecule has 0 radical (unpaired) electrons. The van der Waals surface area contributed by atoms with E-state index in [1.54, 1.807) is 18.9 Å². The normalized spacial score (nSPS) is 11.0. The molecule has 4 aromatic rings. The van der Waals surface area contributed by atoms with E-state index < -0.39 is 0 Å². The minimum Gasteiger partial charge on any atom is -0.497 e. The van der Waals surface area contributed by atoms with Crippen LogP contribution in [0.5, 0.6) is 5.75 Å². The highest BCUT2D eigenvalue weighted by atomic mass is 32.2. The molecule has 0 aliphatic rings. The van der Waals surface area contributed by atoms with Crippen LogP contribution >= 0.6 is 11.8 Å². The van der Waals surface area contributed by atoms with E-state index in [0.29, 0.717) is 5.16 Å². The summed E-state index contributed by atoms with van der Waals surface area (Å²) in [5.41, 5.74) is 3.04. The fourth-order valence-corrected chi connectivity index (χ4v) is 3.18. The van der Waals surface area contributed by atoms with Crippen molar-refractivity contribution in [2.75, 3.05) is 7.11 Å². The van der Waals surface area contributed by atoms with Gasteiger partial charge in [0.25, 0.3) is 0 Å². The third-order valence-electron chi connectivity index (χ3n) is 3.67. The molecular weight excluding hydrogens is 322 g/mol. The molecule has 6 nitrogen and oxygen atoms in total. The zero-order valence-electron chi connectivity index (χ0n) is 13.0. The summed E-state index contributed by atoms with van der Waals surface area (Å²) in [5, 5.41) is 7.98. The Hall–Kier alpha value is -2.80. The number of rotatable bonds is 5. The number of nitrogens with zero attached hydrogens (tertiary/aromatic N) is 4. The molecule has 0 unspecified atom stereocenters. The van der Waals surface area contributed by atoms with Gasteiger partial charge in [-0.05, 0) is 36.4 Å². The molecule has 24 heavy (non-hydrogen) atoms. The molecule has 7 heteroatoms. The van der Waals surface area contributed by atoms with Crippen LogP contribution in [0.3, 0.4) is 0 Å². The van der Waals surface area contributed by atoms with Crippen LogP contribution in [0.1, 0.15) is 5.69 Å². The second-order valence-corrected chi connectivity index (χ2v) is 6.10. The Balaban J connectivity index is 1.48. The quantitative estimate of drug-likeness (QED) is 0.565. The molecule has 0 atom stereocenters. The zero-order valence-corrected chi connectivity index (χ0v) is 13.8. The van der Waals surface area contributed by atoms with Crippen molar-refractivity contribution in [2.45, 2.75) is 10.9 Å². The molecule has 0 spiro atoms. The van der Waals surface area contributed by atoms with Crippen LogP contribution in [-0.4, -0.2) is 31.7 Å². The Morgan fingerprint density at radius 2 is 2.04 bits per heavy atom. The van der Waals surface area contributed by atoms with Gasteiger partial charge in [-0.3, -0.25) is 5.10 Å². The first-order chi connectivity index (χ1) is 11.8. The SMILES string of the molecule is COc1ccc(-c2nc(SCc3cnc4ccccn34)n[nH]2)cc1. The molecule has 0 fully saturated rings. The summed E-state index contributed by atoms with van der Waals surface area (Å²) in [6, 6.07) is 13.7. The number of ether oxygens (including phenoxy) is 1. The minimum atomic E-state index is 0.715. The summed E-state index contributed by atoms with van der Waals surface area (Å²) in [7, 11) is 1.65. The lowest BCUT2D eigenvalue weighted by atomic mass is 10.2. The molecule has 3 heterocycles. The van der Waals surface area contributed by atoms with E-state index in [2.05, 4.69) is 24.6 Å². The molecule has 1 N–H and O–H groups in total. The number of hydrogen-bond donors (Lipinski definition) is 1. The third kappa shape index (κ3) is 2.85. The van der Waals surface area contributed by atoms with Gasteiger partial charge >= 0.3 is 0 Å². The van der Waals surface area contributed by atoms with Crippen molar-refractivity contribution in [3.8, 4) is 17.1 Å². The van der Waals surface area contributed by atoms with Gasteiger partial charge < -0.3 is 9.14 Å². The number of methoxy groups -OCH3 is 1. The lowest BCUT2D eigenvalue weighted by Crippen LogP contribution is -1.90. The van der Waals surface area contributed by atoms with Crippen molar-refractivity contribution in [2.24, 2.45) is 0 Å². The minimum absolute atomic E-state index is 0.715.